The molecule has 0 fully saturated rings. The van der Waals surface area contributed by atoms with Crippen LogP contribution in [0.2, 0.25) is 5.02 Å². The number of pyridine rings is 1. The van der Waals surface area contributed by atoms with Gasteiger partial charge in [-0.3, -0.25) is 0 Å². The van der Waals surface area contributed by atoms with Gasteiger partial charge in [0.05, 0.1) is 5.69 Å². The van der Waals surface area contributed by atoms with Crippen molar-refractivity contribution in [2.24, 2.45) is 0 Å². The Bertz CT molecular complexity index is 584. The molecule has 1 heterocycles. The van der Waals surface area contributed by atoms with Crippen LogP contribution in [0.5, 0.6) is 5.75 Å². The molecule has 4 nitrogen and oxygen atoms in total. The summed E-state index contributed by atoms with van der Waals surface area (Å²) in [4.78, 5) is 14.7. The molecule has 5 heteroatoms. The van der Waals surface area contributed by atoms with E-state index in [1.807, 2.05) is 0 Å². The highest BCUT2D eigenvalue weighted by molar-refractivity contribution is 6.30. The van der Waals surface area contributed by atoms with Gasteiger partial charge in [0.1, 0.15) is 11.4 Å². The Kier molecular flexibility index (Phi) is 2.97. The Morgan fingerprint density at radius 2 is 2.00 bits per heavy atom. The molecular weight excluding hydrogens is 242 g/mol. The van der Waals surface area contributed by atoms with E-state index in [1.165, 1.54) is 18.2 Å². The smallest absolute Gasteiger partial charge is 0.354 e. The molecule has 0 saturated heterocycles. The summed E-state index contributed by atoms with van der Waals surface area (Å²) in [5.41, 5.74) is 0.687. The minimum atomic E-state index is -1.12. The van der Waals surface area contributed by atoms with Gasteiger partial charge >= 0.3 is 5.97 Å². The lowest BCUT2D eigenvalue weighted by Gasteiger charge is -2.05. The fourth-order valence-electron chi connectivity index (χ4n) is 1.42. The Hall–Kier alpha value is -2.07. The van der Waals surface area contributed by atoms with Gasteiger partial charge in [0.25, 0.3) is 0 Å². The first-order chi connectivity index (χ1) is 8.08. The number of rotatable bonds is 2. The summed E-state index contributed by atoms with van der Waals surface area (Å²) in [5, 5.41) is 18.9. The third kappa shape index (κ3) is 2.37. The normalized spacial score (nSPS) is 10.2. The van der Waals surface area contributed by atoms with Gasteiger partial charge in [0.15, 0.2) is 0 Å². The van der Waals surface area contributed by atoms with Crippen LogP contribution < -0.4 is 0 Å². The summed E-state index contributed by atoms with van der Waals surface area (Å²) in [7, 11) is 0. The number of carboxylic acid groups (broad SMARTS) is 1. The first-order valence-corrected chi connectivity index (χ1v) is 5.15. The van der Waals surface area contributed by atoms with Crippen molar-refractivity contribution in [2.45, 2.75) is 0 Å². The topological polar surface area (TPSA) is 70.4 Å². The lowest BCUT2D eigenvalue weighted by Crippen LogP contribution is -2.00. The van der Waals surface area contributed by atoms with Crippen molar-refractivity contribution in [3.8, 4) is 17.0 Å². The highest BCUT2D eigenvalue weighted by Gasteiger charge is 2.10. The number of aromatic hydroxyl groups is 1. The van der Waals surface area contributed by atoms with Crippen molar-refractivity contribution in [1.29, 1.82) is 0 Å². The van der Waals surface area contributed by atoms with Gasteiger partial charge in [-0.15, -0.1) is 0 Å². The molecule has 17 heavy (non-hydrogen) atoms. The Labute approximate surface area is 102 Å². The second-order valence-electron chi connectivity index (χ2n) is 3.37. The van der Waals surface area contributed by atoms with Crippen LogP contribution in [0.1, 0.15) is 10.5 Å². The molecule has 0 atom stereocenters. The number of carbonyl (C=O) groups is 1. The lowest BCUT2D eigenvalue weighted by molar-refractivity contribution is 0.0690. The molecule has 0 spiro atoms. The maximum absolute atomic E-state index is 10.8. The van der Waals surface area contributed by atoms with Crippen LogP contribution in [0, 0.1) is 0 Å². The van der Waals surface area contributed by atoms with E-state index in [2.05, 4.69) is 4.98 Å². The van der Waals surface area contributed by atoms with E-state index in [0.29, 0.717) is 16.3 Å². The first-order valence-electron chi connectivity index (χ1n) is 4.77. The van der Waals surface area contributed by atoms with Crippen LogP contribution in [0.3, 0.4) is 0 Å². The van der Waals surface area contributed by atoms with Gasteiger partial charge in [0, 0.05) is 10.6 Å². The molecule has 0 aliphatic heterocycles. The quantitative estimate of drug-likeness (QED) is 0.859. The SMILES string of the molecule is O=C(O)c1cccc(-c2cc(Cl)ccc2O)n1. The number of halogens is 1. The number of nitrogens with zero attached hydrogens (tertiary/aromatic N) is 1. The van der Waals surface area contributed by atoms with E-state index in [1.54, 1.807) is 18.2 Å². The summed E-state index contributed by atoms with van der Waals surface area (Å²) in [6.07, 6.45) is 0. The zero-order valence-electron chi connectivity index (χ0n) is 8.59. The molecular formula is C12H8ClNO3. The van der Waals surface area contributed by atoms with Gasteiger partial charge in [-0.2, -0.15) is 0 Å². The van der Waals surface area contributed by atoms with Gasteiger partial charge in [-0.05, 0) is 30.3 Å². The summed E-state index contributed by atoms with van der Waals surface area (Å²) in [5.74, 6) is -1.11. The molecule has 0 unspecified atom stereocenters. The Balaban J connectivity index is 2.56. The number of carboxylic acids is 1. The number of hydrogen-bond donors (Lipinski definition) is 2. The molecule has 0 saturated carbocycles. The molecule has 1 aromatic heterocycles. The maximum Gasteiger partial charge on any atom is 0.354 e. The third-order valence-electron chi connectivity index (χ3n) is 2.20. The number of hydrogen-bond acceptors (Lipinski definition) is 3. The molecule has 2 N–H and O–H groups in total. The maximum atomic E-state index is 10.8. The molecule has 0 radical (unpaired) electrons. The minimum absolute atomic E-state index is 0.00411. The summed E-state index contributed by atoms with van der Waals surface area (Å²) in [6.45, 7) is 0. The first kappa shape index (κ1) is 11.4. The van der Waals surface area contributed by atoms with Crippen molar-refractivity contribution < 1.29 is 15.0 Å². The summed E-state index contributed by atoms with van der Waals surface area (Å²) < 4.78 is 0. The van der Waals surface area contributed by atoms with Crippen LogP contribution in [-0.2, 0) is 0 Å². The lowest BCUT2D eigenvalue weighted by atomic mass is 10.1. The van der Waals surface area contributed by atoms with Gasteiger partial charge in [-0.25, -0.2) is 9.78 Å². The van der Waals surface area contributed by atoms with E-state index >= 15 is 0 Å². The average molecular weight is 250 g/mol. The summed E-state index contributed by atoms with van der Waals surface area (Å²) >= 11 is 5.81. The molecule has 0 amide bonds. The zero-order valence-corrected chi connectivity index (χ0v) is 9.35. The van der Waals surface area contributed by atoms with E-state index < -0.39 is 5.97 Å². The fourth-order valence-corrected chi connectivity index (χ4v) is 1.59. The average Bonchev–Trinajstić information content (AvgIpc) is 2.32. The third-order valence-corrected chi connectivity index (χ3v) is 2.44. The van der Waals surface area contributed by atoms with Crippen molar-refractivity contribution >= 4 is 17.6 Å². The van der Waals surface area contributed by atoms with Crippen LogP contribution in [0.4, 0.5) is 0 Å². The number of phenolic OH excluding ortho intramolecular Hbond substituents is 1. The predicted molar refractivity (Wildman–Crippen MR) is 63.3 cm³/mol. The number of aromatic carboxylic acids is 1. The number of phenols is 1. The molecule has 0 bridgehead atoms. The highest BCUT2D eigenvalue weighted by atomic mass is 35.5. The number of benzene rings is 1. The van der Waals surface area contributed by atoms with Crippen molar-refractivity contribution in [1.82, 2.24) is 4.98 Å². The Morgan fingerprint density at radius 1 is 1.24 bits per heavy atom. The van der Waals surface area contributed by atoms with Gasteiger partial charge in [-0.1, -0.05) is 17.7 Å². The Morgan fingerprint density at radius 3 is 2.71 bits per heavy atom. The molecule has 86 valence electrons. The molecule has 0 aliphatic rings. The molecule has 1 aromatic carbocycles. The monoisotopic (exact) mass is 249 g/mol. The second kappa shape index (κ2) is 4.43. The van der Waals surface area contributed by atoms with E-state index in [4.69, 9.17) is 16.7 Å². The molecule has 2 aromatic rings. The van der Waals surface area contributed by atoms with E-state index in [0.717, 1.165) is 0 Å². The van der Waals surface area contributed by atoms with Crippen LogP contribution in [0.25, 0.3) is 11.3 Å². The van der Waals surface area contributed by atoms with Crippen LogP contribution in [0.15, 0.2) is 36.4 Å². The van der Waals surface area contributed by atoms with Crippen molar-refractivity contribution in [2.75, 3.05) is 0 Å². The zero-order chi connectivity index (χ0) is 12.4. The number of aromatic nitrogens is 1. The standard InChI is InChI=1S/C12H8ClNO3/c13-7-4-5-11(15)8(6-7)9-2-1-3-10(14-9)12(16)17/h1-6,15H,(H,16,17). The summed E-state index contributed by atoms with van der Waals surface area (Å²) in [6, 6.07) is 9.07. The van der Waals surface area contributed by atoms with Crippen molar-refractivity contribution in [3.05, 3.63) is 47.1 Å². The van der Waals surface area contributed by atoms with Crippen molar-refractivity contribution in [3.63, 3.8) is 0 Å². The minimum Gasteiger partial charge on any atom is -0.507 e. The second-order valence-corrected chi connectivity index (χ2v) is 3.81. The van der Waals surface area contributed by atoms with E-state index in [-0.39, 0.29) is 11.4 Å². The van der Waals surface area contributed by atoms with Gasteiger partial charge in [0.2, 0.25) is 0 Å². The predicted octanol–water partition coefficient (Wildman–Crippen LogP) is 2.81. The van der Waals surface area contributed by atoms with E-state index in [9.17, 15) is 9.90 Å². The highest BCUT2D eigenvalue weighted by Crippen LogP contribution is 2.30. The molecule has 2 rings (SSSR count). The van der Waals surface area contributed by atoms with Crippen LogP contribution in [-0.4, -0.2) is 21.2 Å². The fraction of sp³-hybridized carbons (Fsp3) is 0. The molecule has 0 aliphatic carbocycles. The van der Waals surface area contributed by atoms with Crippen LogP contribution >= 0.6 is 11.6 Å². The largest absolute Gasteiger partial charge is 0.507 e. The van der Waals surface area contributed by atoms with Gasteiger partial charge < -0.3 is 10.2 Å².